The molecule has 1 aliphatic heterocycles. The van der Waals surface area contributed by atoms with Gasteiger partial charge in [0.15, 0.2) is 0 Å². The molecule has 1 amide bonds. The number of esters is 1. The number of nitrogens with zero attached hydrogens (tertiary/aromatic N) is 1. The first-order valence-electron chi connectivity index (χ1n) is 9.24. The van der Waals surface area contributed by atoms with Crippen molar-refractivity contribution >= 4 is 11.9 Å². The zero-order valence-corrected chi connectivity index (χ0v) is 15.4. The molecule has 132 valence electrons. The second kappa shape index (κ2) is 7.23. The van der Waals surface area contributed by atoms with E-state index >= 15 is 0 Å². The third kappa shape index (κ3) is 3.41. The number of methoxy groups -OCH3 is 1. The third-order valence-corrected chi connectivity index (χ3v) is 5.95. The van der Waals surface area contributed by atoms with Crippen molar-refractivity contribution in [1.82, 2.24) is 4.90 Å². The van der Waals surface area contributed by atoms with Gasteiger partial charge in [0.2, 0.25) is 5.91 Å². The average molecular weight is 323 g/mol. The van der Waals surface area contributed by atoms with Gasteiger partial charge in [-0.15, -0.1) is 0 Å². The second-order valence-corrected chi connectivity index (χ2v) is 8.10. The van der Waals surface area contributed by atoms with Gasteiger partial charge in [-0.1, -0.05) is 47.0 Å². The first kappa shape index (κ1) is 18.3. The van der Waals surface area contributed by atoms with Crippen LogP contribution < -0.4 is 0 Å². The number of likely N-dealkylation sites (tertiary alicyclic amines) is 1. The van der Waals surface area contributed by atoms with Crippen molar-refractivity contribution in [2.75, 3.05) is 7.11 Å². The number of piperidine rings is 1. The Morgan fingerprint density at radius 3 is 2.13 bits per heavy atom. The molecule has 2 fully saturated rings. The SMILES string of the molecule is COC(=O)[C@H]1N(C(=O)C(C)C)[C@H](C(C)C)CCC12CCCCC2. The van der Waals surface area contributed by atoms with E-state index in [0.717, 1.165) is 38.5 Å². The lowest BCUT2D eigenvalue weighted by atomic mass is 9.62. The third-order valence-electron chi connectivity index (χ3n) is 5.95. The summed E-state index contributed by atoms with van der Waals surface area (Å²) in [5.74, 6) is 0.142. The molecule has 23 heavy (non-hydrogen) atoms. The van der Waals surface area contributed by atoms with Gasteiger partial charge in [-0.3, -0.25) is 4.79 Å². The summed E-state index contributed by atoms with van der Waals surface area (Å²) in [6.45, 7) is 8.16. The van der Waals surface area contributed by atoms with Gasteiger partial charge in [0.05, 0.1) is 7.11 Å². The number of hydrogen-bond donors (Lipinski definition) is 0. The molecule has 4 heteroatoms. The number of carbonyl (C=O) groups excluding carboxylic acids is 2. The maximum absolute atomic E-state index is 13.0. The van der Waals surface area contributed by atoms with Crippen LogP contribution in [0.15, 0.2) is 0 Å². The molecule has 2 rings (SSSR count). The van der Waals surface area contributed by atoms with E-state index in [1.54, 1.807) is 0 Å². The molecule has 0 aromatic carbocycles. The van der Waals surface area contributed by atoms with E-state index < -0.39 is 6.04 Å². The average Bonchev–Trinajstić information content (AvgIpc) is 2.53. The van der Waals surface area contributed by atoms with Gasteiger partial charge in [-0.05, 0) is 31.6 Å². The van der Waals surface area contributed by atoms with Crippen molar-refractivity contribution in [3.8, 4) is 0 Å². The molecule has 0 radical (unpaired) electrons. The molecule has 4 nitrogen and oxygen atoms in total. The zero-order valence-electron chi connectivity index (χ0n) is 15.4. The van der Waals surface area contributed by atoms with Crippen LogP contribution in [0.1, 0.15) is 72.6 Å². The van der Waals surface area contributed by atoms with Crippen LogP contribution in [0.25, 0.3) is 0 Å². The van der Waals surface area contributed by atoms with Crippen LogP contribution in [0.2, 0.25) is 0 Å². The maximum Gasteiger partial charge on any atom is 0.329 e. The summed E-state index contributed by atoms with van der Waals surface area (Å²) >= 11 is 0. The van der Waals surface area contributed by atoms with Crippen molar-refractivity contribution in [2.24, 2.45) is 17.3 Å². The highest BCUT2D eigenvalue weighted by molar-refractivity contribution is 5.86. The summed E-state index contributed by atoms with van der Waals surface area (Å²) in [5.41, 5.74) is -0.0682. The predicted octanol–water partition coefficient (Wildman–Crippen LogP) is 3.78. The number of amides is 1. The van der Waals surface area contributed by atoms with E-state index in [4.69, 9.17) is 4.74 Å². The maximum atomic E-state index is 13.0. The normalized spacial score (nSPS) is 27.5. The molecule has 1 aliphatic carbocycles. The van der Waals surface area contributed by atoms with Crippen LogP contribution in [-0.4, -0.2) is 36.0 Å². The highest BCUT2D eigenvalue weighted by Gasteiger charge is 2.54. The molecule has 1 saturated heterocycles. The number of rotatable bonds is 3. The van der Waals surface area contributed by atoms with E-state index in [2.05, 4.69) is 13.8 Å². The molecule has 0 bridgehead atoms. The molecule has 2 aliphatic rings. The van der Waals surface area contributed by atoms with Crippen molar-refractivity contribution in [3.05, 3.63) is 0 Å². The zero-order chi connectivity index (χ0) is 17.2. The molecule has 0 N–H and O–H groups in total. The quantitative estimate of drug-likeness (QED) is 0.743. The van der Waals surface area contributed by atoms with Gasteiger partial charge < -0.3 is 9.64 Å². The molecular weight excluding hydrogens is 290 g/mol. The smallest absolute Gasteiger partial charge is 0.329 e. The number of hydrogen-bond acceptors (Lipinski definition) is 3. The Morgan fingerprint density at radius 1 is 1.04 bits per heavy atom. The lowest BCUT2D eigenvalue weighted by molar-refractivity contribution is -0.172. The second-order valence-electron chi connectivity index (χ2n) is 8.10. The lowest BCUT2D eigenvalue weighted by Crippen LogP contribution is -2.64. The number of carbonyl (C=O) groups is 2. The highest BCUT2D eigenvalue weighted by atomic mass is 16.5. The van der Waals surface area contributed by atoms with Crippen LogP contribution in [0.5, 0.6) is 0 Å². The molecule has 0 unspecified atom stereocenters. The van der Waals surface area contributed by atoms with Crippen molar-refractivity contribution in [1.29, 1.82) is 0 Å². The van der Waals surface area contributed by atoms with Crippen LogP contribution in [-0.2, 0) is 14.3 Å². The van der Waals surface area contributed by atoms with Gasteiger partial charge in [0.25, 0.3) is 0 Å². The highest BCUT2D eigenvalue weighted by Crippen LogP contribution is 2.50. The van der Waals surface area contributed by atoms with Crippen LogP contribution >= 0.6 is 0 Å². The monoisotopic (exact) mass is 323 g/mol. The Morgan fingerprint density at radius 2 is 1.65 bits per heavy atom. The molecule has 1 spiro atoms. The van der Waals surface area contributed by atoms with E-state index in [9.17, 15) is 9.59 Å². The van der Waals surface area contributed by atoms with Crippen LogP contribution in [0, 0.1) is 17.3 Å². The Labute approximate surface area is 140 Å². The molecule has 0 aromatic heterocycles. The first-order valence-corrected chi connectivity index (χ1v) is 9.24. The minimum absolute atomic E-state index is 0.0682. The van der Waals surface area contributed by atoms with E-state index in [0.29, 0.717) is 5.92 Å². The van der Waals surface area contributed by atoms with Crippen LogP contribution in [0.4, 0.5) is 0 Å². The van der Waals surface area contributed by atoms with Crippen LogP contribution in [0.3, 0.4) is 0 Å². The Hall–Kier alpha value is -1.06. The standard InChI is InChI=1S/C19H33NO3/c1-13(2)15-9-12-19(10-7-6-8-11-19)16(18(22)23-5)20(15)17(21)14(3)4/h13-16H,6-12H2,1-5H3/t15-,16+/m0/s1. The summed E-state index contributed by atoms with van der Waals surface area (Å²) in [6, 6.07) is -0.259. The van der Waals surface area contributed by atoms with Crippen molar-refractivity contribution < 1.29 is 14.3 Å². The molecular formula is C19H33NO3. The molecule has 1 heterocycles. The fourth-order valence-electron chi connectivity index (χ4n) is 4.70. The Balaban J connectivity index is 2.45. The molecule has 2 atom stereocenters. The van der Waals surface area contributed by atoms with Gasteiger partial charge in [0.1, 0.15) is 6.04 Å². The Kier molecular flexibility index (Phi) is 5.74. The fraction of sp³-hybridized carbons (Fsp3) is 0.895. The van der Waals surface area contributed by atoms with E-state index in [1.807, 2.05) is 18.7 Å². The minimum atomic E-state index is -0.399. The number of ether oxygens (including phenoxy) is 1. The van der Waals surface area contributed by atoms with Gasteiger partial charge in [-0.25, -0.2) is 4.79 Å². The first-order chi connectivity index (χ1) is 10.8. The van der Waals surface area contributed by atoms with Gasteiger partial charge in [0, 0.05) is 17.4 Å². The molecule has 1 saturated carbocycles. The summed E-state index contributed by atoms with van der Waals surface area (Å²) in [4.78, 5) is 27.6. The molecule has 0 aromatic rings. The summed E-state index contributed by atoms with van der Waals surface area (Å²) < 4.78 is 5.17. The van der Waals surface area contributed by atoms with Gasteiger partial charge >= 0.3 is 5.97 Å². The summed E-state index contributed by atoms with van der Waals surface area (Å²) in [5, 5.41) is 0. The predicted molar refractivity (Wildman–Crippen MR) is 90.9 cm³/mol. The lowest BCUT2D eigenvalue weighted by Gasteiger charge is -2.55. The van der Waals surface area contributed by atoms with E-state index in [1.165, 1.54) is 13.5 Å². The summed E-state index contributed by atoms with van der Waals surface area (Å²) in [7, 11) is 1.45. The fourth-order valence-corrected chi connectivity index (χ4v) is 4.70. The van der Waals surface area contributed by atoms with E-state index in [-0.39, 0.29) is 29.3 Å². The van der Waals surface area contributed by atoms with Crippen molar-refractivity contribution in [2.45, 2.75) is 84.7 Å². The summed E-state index contributed by atoms with van der Waals surface area (Å²) in [6.07, 6.45) is 7.68. The minimum Gasteiger partial charge on any atom is -0.467 e. The van der Waals surface area contributed by atoms with Gasteiger partial charge in [-0.2, -0.15) is 0 Å². The topological polar surface area (TPSA) is 46.6 Å². The largest absolute Gasteiger partial charge is 0.467 e. The Bertz CT molecular complexity index is 438. The van der Waals surface area contributed by atoms with Crippen molar-refractivity contribution in [3.63, 3.8) is 0 Å².